The lowest BCUT2D eigenvalue weighted by Gasteiger charge is -2.19. The number of pyridine rings is 1. The van der Waals surface area contributed by atoms with Gasteiger partial charge in [-0.1, -0.05) is 0 Å². The third kappa shape index (κ3) is 2.52. The smallest absolute Gasteiger partial charge is 0.260 e. The van der Waals surface area contributed by atoms with Crippen LogP contribution in [0.3, 0.4) is 0 Å². The molecule has 2 heterocycles. The molecular weight excluding hydrogens is 242 g/mol. The minimum absolute atomic E-state index is 0.173. The summed E-state index contributed by atoms with van der Waals surface area (Å²) in [5.41, 5.74) is 8.71. The van der Waals surface area contributed by atoms with Crippen LogP contribution in [0.4, 0.5) is 11.4 Å². The van der Waals surface area contributed by atoms with E-state index in [1.54, 1.807) is 39.2 Å². The third-order valence-corrected chi connectivity index (χ3v) is 2.83. The SMILES string of the molecule is Cc1cc(C(=O)N(C)c2ccncc2N)c(C)nn1. The molecule has 6 heteroatoms. The molecule has 0 bridgehead atoms. The van der Waals surface area contributed by atoms with Gasteiger partial charge in [-0.15, -0.1) is 0 Å². The highest BCUT2D eigenvalue weighted by atomic mass is 16.2. The third-order valence-electron chi connectivity index (χ3n) is 2.83. The fraction of sp³-hybridized carbons (Fsp3) is 0.231. The Morgan fingerprint density at radius 3 is 2.74 bits per heavy atom. The van der Waals surface area contributed by atoms with Crippen molar-refractivity contribution < 1.29 is 4.79 Å². The highest BCUT2D eigenvalue weighted by Gasteiger charge is 2.18. The zero-order valence-electron chi connectivity index (χ0n) is 11.1. The Kier molecular flexibility index (Phi) is 3.41. The van der Waals surface area contributed by atoms with Crippen molar-refractivity contribution in [2.24, 2.45) is 0 Å². The fourth-order valence-electron chi connectivity index (χ4n) is 1.76. The summed E-state index contributed by atoms with van der Waals surface area (Å²) in [5, 5.41) is 7.87. The van der Waals surface area contributed by atoms with Crippen LogP contribution >= 0.6 is 0 Å². The van der Waals surface area contributed by atoms with Crippen molar-refractivity contribution in [3.8, 4) is 0 Å². The summed E-state index contributed by atoms with van der Waals surface area (Å²) in [5.74, 6) is -0.173. The van der Waals surface area contributed by atoms with Crippen molar-refractivity contribution in [3.63, 3.8) is 0 Å². The number of carbonyl (C=O) groups excluding carboxylic acids is 1. The normalized spacial score (nSPS) is 10.3. The summed E-state index contributed by atoms with van der Waals surface area (Å²) in [7, 11) is 1.67. The average Bonchev–Trinajstić information content (AvgIpc) is 2.40. The average molecular weight is 257 g/mol. The van der Waals surface area contributed by atoms with Crippen molar-refractivity contribution in [2.75, 3.05) is 17.7 Å². The molecule has 0 unspecified atom stereocenters. The van der Waals surface area contributed by atoms with Crippen LogP contribution in [-0.2, 0) is 0 Å². The molecule has 0 atom stereocenters. The number of rotatable bonds is 2. The summed E-state index contributed by atoms with van der Waals surface area (Å²) in [4.78, 5) is 17.8. The van der Waals surface area contributed by atoms with Crippen LogP contribution in [0.1, 0.15) is 21.7 Å². The zero-order chi connectivity index (χ0) is 14.0. The molecule has 0 fully saturated rings. The lowest BCUT2D eigenvalue weighted by molar-refractivity contribution is 0.0991. The Balaban J connectivity index is 2.39. The topological polar surface area (TPSA) is 85.0 Å². The molecule has 0 aliphatic carbocycles. The van der Waals surface area contributed by atoms with Gasteiger partial charge in [-0.3, -0.25) is 9.78 Å². The second-order valence-corrected chi connectivity index (χ2v) is 4.28. The molecule has 0 saturated carbocycles. The van der Waals surface area contributed by atoms with E-state index >= 15 is 0 Å². The summed E-state index contributed by atoms with van der Waals surface area (Å²) in [6.45, 7) is 3.55. The Morgan fingerprint density at radius 1 is 1.32 bits per heavy atom. The first kappa shape index (κ1) is 12.9. The first-order valence-corrected chi connectivity index (χ1v) is 5.79. The van der Waals surface area contributed by atoms with E-state index in [9.17, 15) is 4.79 Å². The van der Waals surface area contributed by atoms with Crippen molar-refractivity contribution >= 4 is 17.3 Å². The summed E-state index contributed by atoms with van der Waals surface area (Å²) >= 11 is 0. The second-order valence-electron chi connectivity index (χ2n) is 4.28. The van der Waals surface area contributed by atoms with E-state index in [0.717, 1.165) is 0 Å². The number of anilines is 2. The van der Waals surface area contributed by atoms with Gasteiger partial charge in [0.25, 0.3) is 5.91 Å². The van der Waals surface area contributed by atoms with Gasteiger partial charge in [-0.2, -0.15) is 10.2 Å². The molecule has 98 valence electrons. The molecule has 2 aromatic rings. The molecule has 0 aliphatic rings. The molecule has 0 aromatic carbocycles. The minimum atomic E-state index is -0.173. The quantitative estimate of drug-likeness (QED) is 0.877. The molecule has 2 N–H and O–H groups in total. The summed E-state index contributed by atoms with van der Waals surface area (Å²) < 4.78 is 0. The Bertz CT molecular complexity index is 626. The van der Waals surface area contributed by atoms with Crippen molar-refractivity contribution in [3.05, 3.63) is 41.5 Å². The van der Waals surface area contributed by atoms with E-state index in [-0.39, 0.29) is 5.91 Å². The number of nitrogens with zero attached hydrogens (tertiary/aromatic N) is 4. The number of aromatic nitrogens is 3. The van der Waals surface area contributed by atoms with Gasteiger partial charge in [0.05, 0.1) is 34.5 Å². The van der Waals surface area contributed by atoms with Crippen molar-refractivity contribution in [1.82, 2.24) is 15.2 Å². The zero-order valence-corrected chi connectivity index (χ0v) is 11.1. The molecule has 2 aromatic heterocycles. The maximum absolute atomic E-state index is 12.5. The van der Waals surface area contributed by atoms with Gasteiger partial charge < -0.3 is 10.6 Å². The summed E-state index contributed by atoms with van der Waals surface area (Å²) in [6, 6.07) is 3.42. The monoisotopic (exact) mass is 257 g/mol. The minimum Gasteiger partial charge on any atom is -0.396 e. The Labute approximate surface area is 111 Å². The Morgan fingerprint density at radius 2 is 2.05 bits per heavy atom. The highest BCUT2D eigenvalue weighted by molar-refractivity contribution is 6.07. The number of nitrogens with two attached hydrogens (primary N) is 1. The van der Waals surface area contributed by atoms with E-state index in [4.69, 9.17) is 5.73 Å². The molecule has 19 heavy (non-hydrogen) atoms. The molecular formula is C13H15N5O. The van der Waals surface area contributed by atoms with E-state index in [2.05, 4.69) is 15.2 Å². The molecule has 0 spiro atoms. The maximum atomic E-state index is 12.5. The highest BCUT2D eigenvalue weighted by Crippen LogP contribution is 2.22. The number of hydrogen-bond donors (Lipinski definition) is 1. The number of amides is 1. The van der Waals surface area contributed by atoms with Crippen LogP contribution in [0.25, 0.3) is 0 Å². The van der Waals surface area contributed by atoms with Gasteiger partial charge in [0.2, 0.25) is 0 Å². The number of carbonyl (C=O) groups is 1. The number of aryl methyl sites for hydroxylation is 2. The van der Waals surface area contributed by atoms with Crippen LogP contribution in [0, 0.1) is 13.8 Å². The first-order chi connectivity index (χ1) is 9.00. The second kappa shape index (κ2) is 5.01. The molecule has 2 rings (SSSR count). The molecule has 0 radical (unpaired) electrons. The van der Waals surface area contributed by atoms with E-state index < -0.39 is 0 Å². The number of nitrogen functional groups attached to an aromatic ring is 1. The lowest BCUT2D eigenvalue weighted by Crippen LogP contribution is -2.28. The van der Waals surface area contributed by atoms with Crippen LogP contribution in [0.5, 0.6) is 0 Å². The lowest BCUT2D eigenvalue weighted by atomic mass is 10.1. The van der Waals surface area contributed by atoms with Gasteiger partial charge >= 0.3 is 0 Å². The van der Waals surface area contributed by atoms with Crippen LogP contribution < -0.4 is 10.6 Å². The molecule has 0 saturated heterocycles. The van der Waals surface area contributed by atoms with E-state index in [1.807, 2.05) is 0 Å². The molecule has 1 amide bonds. The summed E-state index contributed by atoms with van der Waals surface area (Å²) in [6.07, 6.45) is 3.11. The van der Waals surface area contributed by atoms with Gasteiger partial charge in [0, 0.05) is 13.2 Å². The predicted octanol–water partition coefficient (Wildman–Crippen LogP) is 1.35. The van der Waals surface area contributed by atoms with Crippen LogP contribution in [0.15, 0.2) is 24.5 Å². The van der Waals surface area contributed by atoms with E-state index in [1.165, 1.54) is 11.1 Å². The van der Waals surface area contributed by atoms with Gasteiger partial charge in [-0.05, 0) is 26.0 Å². The Hall–Kier alpha value is -2.50. The standard InChI is InChI=1S/C13H15N5O/c1-8-6-10(9(2)17-16-8)13(19)18(3)12-4-5-15-7-11(12)14/h4-7H,14H2,1-3H3. The van der Waals surface area contributed by atoms with Crippen LogP contribution in [0.2, 0.25) is 0 Å². The van der Waals surface area contributed by atoms with Gasteiger partial charge in [0.1, 0.15) is 0 Å². The largest absolute Gasteiger partial charge is 0.396 e. The van der Waals surface area contributed by atoms with Gasteiger partial charge in [0.15, 0.2) is 0 Å². The molecule has 6 nitrogen and oxygen atoms in total. The predicted molar refractivity (Wildman–Crippen MR) is 72.9 cm³/mol. The van der Waals surface area contributed by atoms with Gasteiger partial charge in [-0.25, -0.2) is 0 Å². The molecule has 0 aliphatic heterocycles. The first-order valence-electron chi connectivity index (χ1n) is 5.79. The van der Waals surface area contributed by atoms with E-state index in [0.29, 0.717) is 28.3 Å². The van der Waals surface area contributed by atoms with Crippen molar-refractivity contribution in [2.45, 2.75) is 13.8 Å². The number of hydrogen-bond acceptors (Lipinski definition) is 5. The maximum Gasteiger partial charge on any atom is 0.260 e. The fourth-order valence-corrected chi connectivity index (χ4v) is 1.76. The van der Waals surface area contributed by atoms with Crippen molar-refractivity contribution in [1.29, 1.82) is 0 Å². The van der Waals surface area contributed by atoms with Crippen LogP contribution in [-0.4, -0.2) is 28.1 Å².